The first-order valence-electron chi connectivity index (χ1n) is 4.34. The van der Waals surface area contributed by atoms with Crippen LogP contribution >= 0.6 is 15.9 Å². The van der Waals surface area contributed by atoms with Crippen LogP contribution in [0.25, 0.3) is 0 Å². The van der Waals surface area contributed by atoms with E-state index in [2.05, 4.69) is 29.8 Å². The Morgan fingerprint density at radius 3 is 2.18 bits per heavy atom. The third-order valence-corrected chi connectivity index (χ3v) is 3.55. The lowest BCUT2D eigenvalue weighted by Crippen LogP contribution is -2.39. The Bertz CT molecular complexity index is 126. The Labute approximate surface area is 77.3 Å². The van der Waals surface area contributed by atoms with E-state index < -0.39 is 5.60 Å². The predicted molar refractivity (Wildman–Crippen MR) is 50.9 cm³/mol. The molecule has 0 heterocycles. The van der Waals surface area contributed by atoms with Gasteiger partial charge < -0.3 is 5.11 Å². The Kier molecular flexibility index (Phi) is 2.98. The van der Waals surface area contributed by atoms with E-state index in [1.165, 1.54) is 6.42 Å². The zero-order valence-corrected chi connectivity index (χ0v) is 8.89. The van der Waals surface area contributed by atoms with Crippen LogP contribution < -0.4 is 0 Å². The maximum absolute atomic E-state index is 9.97. The average Bonchev–Trinajstić information content (AvgIpc) is 1.84. The molecule has 0 aliphatic heterocycles. The van der Waals surface area contributed by atoms with Gasteiger partial charge in [-0.05, 0) is 31.1 Å². The van der Waals surface area contributed by atoms with Gasteiger partial charge in [0.25, 0.3) is 0 Å². The molecule has 0 saturated heterocycles. The van der Waals surface area contributed by atoms with Crippen LogP contribution in [-0.2, 0) is 0 Å². The second-order valence-corrected chi connectivity index (χ2v) is 4.77. The fraction of sp³-hybridized carbons (Fsp3) is 1.00. The van der Waals surface area contributed by atoms with E-state index in [0.717, 1.165) is 18.2 Å². The molecule has 1 saturated carbocycles. The molecule has 66 valence electrons. The smallest absolute Gasteiger partial charge is 0.0749 e. The second-order valence-electron chi connectivity index (χ2n) is 4.21. The highest BCUT2D eigenvalue weighted by atomic mass is 79.9. The fourth-order valence-electron chi connectivity index (χ4n) is 2.34. The zero-order valence-electron chi connectivity index (χ0n) is 7.31. The van der Waals surface area contributed by atoms with Gasteiger partial charge in [0.2, 0.25) is 0 Å². The van der Waals surface area contributed by atoms with Gasteiger partial charge in [-0.15, -0.1) is 0 Å². The molecule has 1 nitrogen and oxygen atoms in total. The summed E-state index contributed by atoms with van der Waals surface area (Å²) in [5, 5.41) is 10.7. The summed E-state index contributed by atoms with van der Waals surface area (Å²) in [7, 11) is 0. The van der Waals surface area contributed by atoms with Crippen molar-refractivity contribution < 1.29 is 5.11 Å². The highest BCUT2D eigenvalue weighted by Crippen LogP contribution is 2.36. The van der Waals surface area contributed by atoms with Crippen molar-refractivity contribution in [2.45, 2.75) is 38.7 Å². The summed E-state index contributed by atoms with van der Waals surface area (Å²) in [6, 6.07) is 0. The maximum Gasteiger partial charge on any atom is 0.0749 e. The molecule has 1 fully saturated rings. The van der Waals surface area contributed by atoms with E-state index >= 15 is 0 Å². The lowest BCUT2D eigenvalue weighted by molar-refractivity contribution is -0.00933. The molecule has 0 aromatic heterocycles. The van der Waals surface area contributed by atoms with Crippen LogP contribution in [-0.4, -0.2) is 16.0 Å². The number of rotatable bonds is 1. The summed E-state index contributed by atoms with van der Waals surface area (Å²) in [6.45, 7) is 4.45. The summed E-state index contributed by atoms with van der Waals surface area (Å²) < 4.78 is 0. The van der Waals surface area contributed by atoms with Gasteiger partial charge in [0.1, 0.15) is 0 Å². The minimum Gasteiger partial charge on any atom is -0.389 e. The number of hydrogen-bond acceptors (Lipinski definition) is 1. The van der Waals surface area contributed by atoms with E-state index in [1.54, 1.807) is 0 Å². The molecule has 1 rings (SSSR count). The van der Waals surface area contributed by atoms with Gasteiger partial charge in [-0.2, -0.15) is 0 Å². The van der Waals surface area contributed by atoms with Crippen molar-refractivity contribution in [1.29, 1.82) is 0 Å². The highest BCUT2D eigenvalue weighted by molar-refractivity contribution is 9.09. The molecule has 1 unspecified atom stereocenters. The van der Waals surface area contributed by atoms with Crippen LogP contribution in [0.2, 0.25) is 0 Å². The van der Waals surface area contributed by atoms with Crippen molar-refractivity contribution in [1.82, 2.24) is 0 Å². The van der Waals surface area contributed by atoms with Gasteiger partial charge in [0, 0.05) is 5.33 Å². The molecule has 1 aliphatic rings. The predicted octanol–water partition coefficient (Wildman–Crippen LogP) is 2.57. The summed E-state index contributed by atoms with van der Waals surface area (Å²) in [5.74, 6) is 1.36. The molecule has 0 radical (unpaired) electrons. The molecule has 2 heteroatoms. The normalized spacial score (nSPS) is 45.8. The standard InChI is InChI=1S/C9H17BrO/c1-7-3-8(2)5-9(11,4-7)6-10/h7-8,11H,3-6H2,1-2H3/t7-,8+,9?. The molecule has 0 aromatic carbocycles. The summed E-state index contributed by atoms with van der Waals surface area (Å²) in [5.41, 5.74) is -0.420. The van der Waals surface area contributed by atoms with Crippen molar-refractivity contribution in [3.8, 4) is 0 Å². The van der Waals surface area contributed by atoms with Crippen molar-refractivity contribution in [2.75, 3.05) is 5.33 Å². The van der Waals surface area contributed by atoms with Gasteiger partial charge in [-0.25, -0.2) is 0 Å². The Balaban J connectivity index is 2.55. The van der Waals surface area contributed by atoms with Gasteiger partial charge in [0.05, 0.1) is 5.60 Å². The van der Waals surface area contributed by atoms with Crippen LogP contribution in [0, 0.1) is 11.8 Å². The fourth-order valence-corrected chi connectivity index (χ4v) is 2.80. The minimum atomic E-state index is -0.420. The van der Waals surface area contributed by atoms with Gasteiger partial charge >= 0.3 is 0 Å². The number of alkyl halides is 1. The van der Waals surface area contributed by atoms with E-state index in [1.807, 2.05) is 0 Å². The third kappa shape index (κ3) is 2.45. The van der Waals surface area contributed by atoms with Crippen LogP contribution in [0.1, 0.15) is 33.1 Å². The van der Waals surface area contributed by atoms with Crippen molar-refractivity contribution in [3.63, 3.8) is 0 Å². The monoisotopic (exact) mass is 220 g/mol. The van der Waals surface area contributed by atoms with Gasteiger partial charge in [0.15, 0.2) is 0 Å². The molecule has 1 N–H and O–H groups in total. The number of hydrogen-bond donors (Lipinski definition) is 1. The Hall–Kier alpha value is 0.440. The number of aliphatic hydroxyl groups is 1. The number of halogens is 1. The minimum absolute atomic E-state index is 0.420. The molecular formula is C9H17BrO. The molecule has 0 aromatic rings. The lowest BCUT2D eigenvalue weighted by atomic mass is 9.75. The van der Waals surface area contributed by atoms with E-state index in [-0.39, 0.29) is 0 Å². The molecule has 0 amide bonds. The lowest BCUT2D eigenvalue weighted by Gasteiger charge is -2.37. The molecule has 0 bridgehead atoms. The van der Waals surface area contributed by atoms with Crippen molar-refractivity contribution in [2.24, 2.45) is 11.8 Å². The Morgan fingerprint density at radius 2 is 1.82 bits per heavy atom. The van der Waals surface area contributed by atoms with Crippen LogP contribution in [0.3, 0.4) is 0 Å². The molecular weight excluding hydrogens is 204 g/mol. The van der Waals surface area contributed by atoms with Crippen LogP contribution in [0.15, 0.2) is 0 Å². The SMILES string of the molecule is C[C@@H]1C[C@H](C)CC(O)(CBr)C1. The van der Waals surface area contributed by atoms with Crippen molar-refractivity contribution >= 4 is 15.9 Å². The van der Waals surface area contributed by atoms with Crippen LogP contribution in [0.4, 0.5) is 0 Å². The summed E-state index contributed by atoms with van der Waals surface area (Å²) in [6.07, 6.45) is 3.19. The Morgan fingerprint density at radius 1 is 1.36 bits per heavy atom. The average molecular weight is 221 g/mol. The van der Waals surface area contributed by atoms with E-state index in [0.29, 0.717) is 11.8 Å². The summed E-state index contributed by atoms with van der Waals surface area (Å²) in [4.78, 5) is 0. The second kappa shape index (κ2) is 3.44. The maximum atomic E-state index is 9.97. The third-order valence-electron chi connectivity index (χ3n) is 2.51. The molecule has 3 atom stereocenters. The van der Waals surface area contributed by atoms with Gasteiger partial charge in [-0.1, -0.05) is 29.8 Å². The van der Waals surface area contributed by atoms with E-state index in [9.17, 15) is 5.11 Å². The zero-order chi connectivity index (χ0) is 8.48. The molecule has 11 heavy (non-hydrogen) atoms. The first-order valence-corrected chi connectivity index (χ1v) is 5.46. The molecule has 0 spiro atoms. The van der Waals surface area contributed by atoms with Crippen LogP contribution in [0.5, 0.6) is 0 Å². The first kappa shape index (κ1) is 9.53. The first-order chi connectivity index (χ1) is 5.06. The van der Waals surface area contributed by atoms with Crippen molar-refractivity contribution in [3.05, 3.63) is 0 Å². The molecule has 1 aliphatic carbocycles. The largest absolute Gasteiger partial charge is 0.389 e. The van der Waals surface area contributed by atoms with E-state index in [4.69, 9.17) is 0 Å². The quantitative estimate of drug-likeness (QED) is 0.674. The highest BCUT2D eigenvalue weighted by Gasteiger charge is 2.34. The summed E-state index contributed by atoms with van der Waals surface area (Å²) >= 11 is 3.37. The van der Waals surface area contributed by atoms with Gasteiger partial charge in [-0.3, -0.25) is 0 Å². The topological polar surface area (TPSA) is 20.2 Å².